The molecule has 0 atom stereocenters. The fourth-order valence-corrected chi connectivity index (χ4v) is 3.43. The lowest BCUT2D eigenvalue weighted by molar-refractivity contribution is -0.0512. The van der Waals surface area contributed by atoms with E-state index in [0.717, 1.165) is 16.9 Å². The summed E-state index contributed by atoms with van der Waals surface area (Å²) in [5, 5.41) is 2.82. The predicted molar refractivity (Wildman–Crippen MR) is 122 cm³/mol. The van der Waals surface area contributed by atoms with Crippen molar-refractivity contribution in [2.45, 2.75) is 19.6 Å². The van der Waals surface area contributed by atoms with Gasteiger partial charge in [0.05, 0.1) is 12.8 Å². The molecule has 0 radical (unpaired) electrons. The molecule has 4 rings (SSSR count). The zero-order valence-electron chi connectivity index (χ0n) is 18.4. The Labute approximate surface area is 194 Å². The number of aromatic nitrogens is 2. The molecular weight excluding hydrogens is 444 g/mol. The van der Waals surface area contributed by atoms with Crippen LogP contribution in [0.1, 0.15) is 21.6 Å². The van der Waals surface area contributed by atoms with Crippen LogP contribution in [0.2, 0.25) is 0 Å². The topological polar surface area (TPSA) is 74.1 Å². The number of ether oxygens (including phenoxy) is 3. The molecule has 0 unspecified atom stereocenters. The number of carbonyl (C=O) groups excluding carboxylic acids is 1. The highest BCUT2D eigenvalue weighted by Gasteiger charge is 2.12. The zero-order valence-corrected chi connectivity index (χ0v) is 18.4. The van der Waals surface area contributed by atoms with Gasteiger partial charge in [0.25, 0.3) is 5.91 Å². The van der Waals surface area contributed by atoms with Crippen LogP contribution in [-0.4, -0.2) is 35.6 Å². The van der Waals surface area contributed by atoms with Crippen molar-refractivity contribution in [3.63, 3.8) is 0 Å². The minimum atomic E-state index is -2.95. The summed E-state index contributed by atoms with van der Waals surface area (Å²) in [6, 6.07) is 17.4. The fraction of sp³-hybridized carbons (Fsp3) is 0.200. The fourth-order valence-electron chi connectivity index (χ4n) is 3.43. The second-order valence-electron chi connectivity index (χ2n) is 7.38. The van der Waals surface area contributed by atoms with E-state index in [9.17, 15) is 13.6 Å². The third-order valence-corrected chi connectivity index (χ3v) is 5.04. The van der Waals surface area contributed by atoms with Crippen LogP contribution in [0, 0.1) is 0 Å². The van der Waals surface area contributed by atoms with E-state index in [1.807, 2.05) is 35.0 Å². The summed E-state index contributed by atoms with van der Waals surface area (Å²) in [5.41, 5.74) is 2.78. The average molecular weight is 467 g/mol. The van der Waals surface area contributed by atoms with Crippen LogP contribution >= 0.6 is 0 Å². The Morgan fingerprint density at radius 1 is 1.09 bits per heavy atom. The highest BCUT2D eigenvalue weighted by molar-refractivity contribution is 5.94. The van der Waals surface area contributed by atoms with Gasteiger partial charge < -0.3 is 23.9 Å². The molecule has 0 aliphatic rings. The number of nitrogens with zero attached hydrogens (tertiary/aromatic N) is 2. The molecule has 1 N–H and O–H groups in total. The number of pyridine rings is 1. The smallest absolute Gasteiger partial charge is 0.387 e. The Kier molecular flexibility index (Phi) is 7.22. The minimum absolute atomic E-state index is 0.0446. The van der Waals surface area contributed by atoms with E-state index in [0.29, 0.717) is 24.3 Å². The molecule has 2 heterocycles. The van der Waals surface area contributed by atoms with Gasteiger partial charge in [0, 0.05) is 24.5 Å². The SMILES string of the molecule is COc1ccc(CCNC(=O)c2cccc(OCc3cn4ccccc4n3)c2)cc1OC(F)F. The highest BCUT2D eigenvalue weighted by Crippen LogP contribution is 2.29. The summed E-state index contributed by atoms with van der Waals surface area (Å²) < 4.78 is 42.4. The van der Waals surface area contributed by atoms with Gasteiger partial charge >= 0.3 is 6.61 Å². The van der Waals surface area contributed by atoms with Crippen LogP contribution in [0.5, 0.6) is 17.2 Å². The van der Waals surface area contributed by atoms with Gasteiger partial charge in [-0.2, -0.15) is 8.78 Å². The monoisotopic (exact) mass is 467 g/mol. The van der Waals surface area contributed by atoms with Gasteiger partial charge in [-0.05, 0) is 54.4 Å². The lowest BCUT2D eigenvalue weighted by atomic mass is 10.1. The summed E-state index contributed by atoms with van der Waals surface area (Å²) in [7, 11) is 1.38. The van der Waals surface area contributed by atoms with Crippen LogP contribution in [0.25, 0.3) is 5.65 Å². The Balaban J connectivity index is 1.31. The number of hydrogen-bond acceptors (Lipinski definition) is 5. The zero-order chi connectivity index (χ0) is 23.9. The molecule has 0 fully saturated rings. The molecule has 34 heavy (non-hydrogen) atoms. The van der Waals surface area contributed by atoms with Crippen molar-refractivity contribution in [1.82, 2.24) is 14.7 Å². The van der Waals surface area contributed by atoms with E-state index in [4.69, 9.17) is 9.47 Å². The first-order chi connectivity index (χ1) is 16.5. The highest BCUT2D eigenvalue weighted by atomic mass is 19.3. The standard InChI is InChI=1S/C25H23F2N3O4/c1-32-21-9-8-17(13-22(21)34-25(26)27)10-11-28-24(31)18-5-4-6-20(14-18)33-16-19-15-30-12-3-2-7-23(30)29-19/h2-9,12-15,25H,10-11,16H2,1H3,(H,28,31). The Bertz CT molecular complexity index is 1240. The van der Waals surface area contributed by atoms with Gasteiger partial charge in [-0.15, -0.1) is 0 Å². The number of rotatable bonds is 10. The molecule has 0 spiro atoms. The third-order valence-electron chi connectivity index (χ3n) is 5.04. The Morgan fingerprint density at radius 2 is 1.97 bits per heavy atom. The number of amides is 1. The second-order valence-corrected chi connectivity index (χ2v) is 7.38. The first-order valence-electron chi connectivity index (χ1n) is 10.6. The number of halogens is 2. The quantitative estimate of drug-likeness (QED) is 0.372. The average Bonchev–Trinajstić information content (AvgIpc) is 3.26. The van der Waals surface area contributed by atoms with Crippen molar-refractivity contribution in [3.05, 3.63) is 89.9 Å². The molecule has 0 aliphatic heterocycles. The van der Waals surface area contributed by atoms with E-state index in [2.05, 4.69) is 15.0 Å². The van der Waals surface area contributed by atoms with Gasteiger partial charge in [-0.3, -0.25) is 4.79 Å². The molecule has 0 aliphatic carbocycles. The van der Waals surface area contributed by atoms with Crippen LogP contribution in [-0.2, 0) is 13.0 Å². The minimum Gasteiger partial charge on any atom is -0.493 e. The molecule has 4 aromatic rings. The van der Waals surface area contributed by atoms with Crippen molar-refractivity contribution in [1.29, 1.82) is 0 Å². The number of hydrogen-bond donors (Lipinski definition) is 1. The van der Waals surface area contributed by atoms with Crippen LogP contribution < -0.4 is 19.5 Å². The van der Waals surface area contributed by atoms with Crippen molar-refractivity contribution in [3.8, 4) is 17.2 Å². The van der Waals surface area contributed by atoms with Crippen LogP contribution in [0.4, 0.5) is 8.78 Å². The summed E-state index contributed by atoms with van der Waals surface area (Å²) in [5.74, 6) is 0.453. The molecular formula is C25H23F2N3O4. The van der Waals surface area contributed by atoms with Gasteiger partial charge in [-0.25, -0.2) is 4.98 Å². The molecule has 1 amide bonds. The molecule has 2 aromatic carbocycles. The number of imidazole rings is 1. The Morgan fingerprint density at radius 3 is 2.76 bits per heavy atom. The maximum Gasteiger partial charge on any atom is 0.387 e. The number of nitrogens with one attached hydrogen (secondary N) is 1. The second kappa shape index (κ2) is 10.7. The molecule has 2 aromatic heterocycles. The molecule has 176 valence electrons. The predicted octanol–water partition coefficient (Wildman–Crippen LogP) is 4.50. The maximum atomic E-state index is 12.6. The first-order valence-corrected chi connectivity index (χ1v) is 10.6. The van der Waals surface area contributed by atoms with E-state index in [-0.39, 0.29) is 24.0 Å². The van der Waals surface area contributed by atoms with E-state index >= 15 is 0 Å². The summed E-state index contributed by atoms with van der Waals surface area (Å²) >= 11 is 0. The molecule has 7 nitrogen and oxygen atoms in total. The van der Waals surface area contributed by atoms with Crippen molar-refractivity contribution in [2.24, 2.45) is 0 Å². The lowest BCUT2D eigenvalue weighted by Gasteiger charge is -2.12. The largest absolute Gasteiger partial charge is 0.493 e. The van der Waals surface area contributed by atoms with E-state index < -0.39 is 6.61 Å². The first kappa shape index (κ1) is 23.0. The molecule has 0 saturated heterocycles. The van der Waals surface area contributed by atoms with Gasteiger partial charge in [0.1, 0.15) is 18.0 Å². The number of benzene rings is 2. The molecule has 9 heteroatoms. The van der Waals surface area contributed by atoms with Crippen molar-refractivity contribution in [2.75, 3.05) is 13.7 Å². The van der Waals surface area contributed by atoms with Crippen LogP contribution in [0.3, 0.4) is 0 Å². The number of methoxy groups -OCH3 is 1. The van der Waals surface area contributed by atoms with E-state index in [1.165, 1.54) is 13.2 Å². The normalized spacial score (nSPS) is 10.9. The number of fused-ring (bicyclic) bond motifs is 1. The van der Waals surface area contributed by atoms with Gasteiger partial charge in [-0.1, -0.05) is 18.2 Å². The van der Waals surface area contributed by atoms with E-state index in [1.54, 1.807) is 36.4 Å². The summed E-state index contributed by atoms with van der Waals surface area (Å²) in [6.45, 7) is -2.37. The molecule has 0 bridgehead atoms. The Hall–Kier alpha value is -4.14. The number of alkyl halides is 2. The maximum absolute atomic E-state index is 12.6. The lowest BCUT2D eigenvalue weighted by Crippen LogP contribution is -2.25. The van der Waals surface area contributed by atoms with Gasteiger partial charge in [0.2, 0.25) is 0 Å². The summed E-state index contributed by atoms with van der Waals surface area (Å²) in [6.07, 6.45) is 4.23. The summed E-state index contributed by atoms with van der Waals surface area (Å²) in [4.78, 5) is 17.1. The van der Waals surface area contributed by atoms with Crippen molar-refractivity contribution >= 4 is 11.6 Å². The third kappa shape index (κ3) is 5.80. The number of carbonyl (C=O) groups is 1. The van der Waals surface area contributed by atoms with Crippen molar-refractivity contribution < 1.29 is 27.8 Å². The molecule has 0 saturated carbocycles. The van der Waals surface area contributed by atoms with Gasteiger partial charge in [0.15, 0.2) is 11.5 Å². The van der Waals surface area contributed by atoms with Crippen LogP contribution in [0.15, 0.2) is 73.1 Å².